The summed E-state index contributed by atoms with van der Waals surface area (Å²) in [5, 5.41) is 1.80. The van der Waals surface area contributed by atoms with E-state index < -0.39 is 21.0 Å². The van der Waals surface area contributed by atoms with E-state index in [1.807, 2.05) is 25.1 Å². The largest absolute Gasteiger partial charge is 0.369 e. The number of carbonyl (C=O) groups is 1. The lowest BCUT2D eigenvalue weighted by Gasteiger charge is -2.37. The molecule has 1 aromatic rings. The summed E-state index contributed by atoms with van der Waals surface area (Å²) < 4.78 is 22.9. The van der Waals surface area contributed by atoms with Crippen molar-refractivity contribution in [3.8, 4) is 0 Å². The van der Waals surface area contributed by atoms with Crippen molar-refractivity contribution < 1.29 is 13.2 Å². The Morgan fingerprint density at radius 3 is 2.25 bits per heavy atom. The normalized spacial score (nSPS) is 18.9. The van der Waals surface area contributed by atoms with Crippen molar-refractivity contribution in [2.24, 2.45) is 0 Å². The Bertz CT molecular complexity index is 640. The number of nitrogens with zero attached hydrogens (tertiary/aromatic N) is 2. The number of sulfone groups is 1. The van der Waals surface area contributed by atoms with Gasteiger partial charge in [0, 0.05) is 50.7 Å². The highest BCUT2D eigenvalue weighted by molar-refractivity contribution is 7.92. The van der Waals surface area contributed by atoms with Crippen LogP contribution in [0.4, 0.5) is 5.69 Å². The first-order valence-electron chi connectivity index (χ1n) is 8.29. The number of anilines is 1. The molecule has 1 fully saturated rings. The molecule has 1 aliphatic rings. The van der Waals surface area contributed by atoms with Crippen LogP contribution in [0.5, 0.6) is 0 Å². The Morgan fingerprint density at radius 2 is 1.71 bits per heavy atom. The van der Waals surface area contributed by atoms with Gasteiger partial charge in [-0.2, -0.15) is 0 Å². The van der Waals surface area contributed by atoms with Crippen LogP contribution < -0.4 is 10.2 Å². The van der Waals surface area contributed by atoms with Gasteiger partial charge in [-0.1, -0.05) is 18.2 Å². The number of para-hydroxylation sites is 1. The van der Waals surface area contributed by atoms with Crippen LogP contribution in [0.2, 0.25) is 0 Å². The lowest BCUT2D eigenvalue weighted by atomic mass is 10.2. The Morgan fingerprint density at radius 1 is 1.12 bits per heavy atom. The lowest BCUT2D eigenvalue weighted by Crippen LogP contribution is -2.52. The maximum Gasteiger partial charge on any atom is 0.238 e. The van der Waals surface area contributed by atoms with Crippen LogP contribution in [0.1, 0.15) is 13.8 Å². The molecule has 24 heavy (non-hydrogen) atoms. The first kappa shape index (κ1) is 18.7. The summed E-state index contributed by atoms with van der Waals surface area (Å²) in [6.07, 6.45) is 1.09. The van der Waals surface area contributed by atoms with Crippen LogP contribution in [0.15, 0.2) is 30.3 Å². The van der Waals surface area contributed by atoms with Gasteiger partial charge in [-0.3, -0.25) is 9.69 Å². The van der Waals surface area contributed by atoms with Gasteiger partial charge in [0.2, 0.25) is 5.91 Å². The smallest absolute Gasteiger partial charge is 0.238 e. The third-order valence-corrected chi connectivity index (χ3v) is 5.92. The van der Waals surface area contributed by atoms with Gasteiger partial charge in [-0.25, -0.2) is 8.42 Å². The fourth-order valence-corrected chi connectivity index (χ4v) is 3.27. The highest BCUT2D eigenvalue weighted by Crippen LogP contribution is 2.15. The second kappa shape index (κ2) is 7.98. The Balaban J connectivity index is 1.78. The van der Waals surface area contributed by atoms with Gasteiger partial charge in [-0.05, 0) is 26.0 Å². The monoisotopic (exact) mass is 353 g/mol. The Labute approximate surface area is 144 Å². The molecule has 6 nitrogen and oxygen atoms in total. The van der Waals surface area contributed by atoms with Gasteiger partial charge in [0.1, 0.15) is 5.25 Å². The molecule has 0 aromatic heterocycles. The lowest BCUT2D eigenvalue weighted by molar-refractivity contribution is -0.121. The second-order valence-electron chi connectivity index (χ2n) is 6.50. The van der Waals surface area contributed by atoms with E-state index in [0.717, 1.165) is 39.0 Å². The van der Waals surface area contributed by atoms with E-state index in [4.69, 9.17) is 0 Å². The maximum absolute atomic E-state index is 12.0. The zero-order chi connectivity index (χ0) is 17.7. The summed E-state index contributed by atoms with van der Waals surface area (Å²) in [6.45, 7) is 7.82. The summed E-state index contributed by atoms with van der Waals surface area (Å²) in [5.41, 5.74) is 1.24. The van der Waals surface area contributed by atoms with E-state index in [2.05, 4.69) is 27.2 Å². The minimum atomic E-state index is -3.35. The zero-order valence-corrected chi connectivity index (χ0v) is 15.4. The van der Waals surface area contributed by atoms with Crippen molar-refractivity contribution in [1.29, 1.82) is 0 Å². The quantitative estimate of drug-likeness (QED) is 0.817. The van der Waals surface area contributed by atoms with E-state index in [1.54, 1.807) is 0 Å². The number of benzene rings is 1. The molecule has 2 rings (SSSR count). The van der Waals surface area contributed by atoms with Gasteiger partial charge < -0.3 is 10.2 Å². The average molecular weight is 353 g/mol. The van der Waals surface area contributed by atoms with E-state index in [1.165, 1.54) is 12.6 Å². The molecule has 1 aliphatic heterocycles. The highest BCUT2D eigenvalue weighted by Gasteiger charge is 2.25. The summed E-state index contributed by atoms with van der Waals surface area (Å²) in [6, 6.07) is 10.3. The van der Waals surface area contributed by atoms with Crippen LogP contribution in [0, 0.1) is 0 Å². The fourth-order valence-electron chi connectivity index (χ4n) is 2.82. The number of carbonyl (C=O) groups excluding carboxylic acids is 1. The highest BCUT2D eigenvalue weighted by atomic mass is 32.2. The van der Waals surface area contributed by atoms with Crippen LogP contribution in [-0.2, 0) is 14.6 Å². The molecule has 1 heterocycles. The van der Waals surface area contributed by atoms with Gasteiger partial charge in [0.15, 0.2) is 9.84 Å². The molecular formula is C17H27N3O3S. The fraction of sp³-hybridized carbons (Fsp3) is 0.588. The molecular weight excluding hydrogens is 326 g/mol. The summed E-state index contributed by atoms with van der Waals surface area (Å²) >= 11 is 0. The minimum Gasteiger partial charge on any atom is -0.369 e. The molecule has 0 spiro atoms. The maximum atomic E-state index is 12.0. The van der Waals surface area contributed by atoms with Crippen molar-refractivity contribution in [1.82, 2.24) is 10.2 Å². The molecule has 2 atom stereocenters. The number of hydrogen-bond donors (Lipinski definition) is 1. The number of amides is 1. The number of hydrogen-bond acceptors (Lipinski definition) is 5. The number of rotatable bonds is 6. The van der Waals surface area contributed by atoms with E-state index in [0.29, 0.717) is 0 Å². The summed E-state index contributed by atoms with van der Waals surface area (Å²) in [7, 11) is -3.35. The SMILES string of the molecule is C[C@H](CN1CCN(c2ccccc2)CC1)NC(=O)[C@H](C)S(C)(=O)=O. The first-order chi connectivity index (χ1) is 11.3. The van der Waals surface area contributed by atoms with Crippen molar-refractivity contribution >= 4 is 21.4 Å². The van der Waals surface area contributed by atoms with E-state index in [9.17, 15) is 13.2 Å². The molecule has 0 bridgehead atoms. The van der Waals surface area contributed by atoms with Crippen molar-refractivity contribution in [2.45, 2.75) is 25.1 Å². The third kappa shape index (κ3) is 5.21. The van der Waals surface area contributed by atoms with Gasteiger partial charge in [0.05, 0.1) is 0 Å². The average Bonchev–Trinajstić information content (AvgIpc) is 2.54. The van der Waals surface area contributed by atoms with Crippen LogP contribution in [0.25, 0.3) is 0 Å². The molecule has 134 valence electrons. The molecule has 0 radical (unpaired) electrons. The van der Waals surface area contributed by atoms with Gasteiger partial charge in [0.25, 0.3) is 0 Å². The van der Waals surface area contributed by atoms with Crippen molar-refractivity contribution in [2.75, 3.05) is 43.9 Å². The zero-order valence-electron chi connectivity index (χ0n) is 14.6. The molecule has 0 unspecified atom stereocenters. The van der Waals surface area contributed by atoms with Crippen LogP contribution in [0.3, 0.4) is 0 Å². The Kier molecular flexibility index (Phi) is 6.23. The number of piperazine rings is 1. The van der Waals surface area contributed by atoms with E-state index in [-0.39, 0.29) is 6.04 Å². The molecule has 1 amide bonds. The van der Waals surface area contributed by atoms with Crippen molar-refractivity contribution in [3.05, 3.63) is 30.3 Å². The van der Waals surface area contributed by atoms with Crippen LogP contribution >= 0.6 is 0 Å². The standard InChI is InChI=1S/C17H27N3O3S/c1-14(18-17(21)15(2)24(3,22)23)13-19-9-11-20(12-10-19)16-7-5-4-6-8-16/h4-8,14-15H,9-13H2,1-3H3,(H,18,21)/t14-,15+/m1/s1. The molecule has 0 aliphatic carbocycles. The molecule has 0 saturated carbocycles. The predicted octanol–water partition coefficient (Wildman–Crippen LogP) is 0.746. The molecule has 1 saturated heterocycles. The van der Waals surface area contributed by atoms with E-state index >= 15 is 0 Å². The molecule has 7 heteroatoms. The molecule has 1 N–H and O–H groups in total. The Hall–Kier alpha value is -1.60. The second-order valence-corrected chi connectivity index (χ2v) is 8.87. The summed E-state index contributed by atoms with van der Waals surface area (Å²) in [4.78, 5) is 16.6. The number of nitrogens with one attached hydrogen (secondary N) is 1. The van der Waals surface area contributed by atoms with Gasteiger partial charge >= 0.3 is 0 Å². The topological polar surface area (TPSA) is 69.7 Å². The first-order valence-corrected chi connectivity index (χ1v) is 10.2. The third-order valence-electron chi connectivity index (χ3n) is 4.43. The molecule has 1 aromatic carbocycles. The van der Waals surface area contributed by atoms with Crippen molar-refractivity contribution in [3.63, 3.8) is 0 Å². The van der Waals surface area contributed by atoms with Crippen LogP contribution in [-0.4, -0.2) is 69.5 Å². The summed E-state index contributed by atoms with van der Waals surface area (Å²) in [5.74, 6) is -0.423. The predicted molar refractivity (Wildman–Crippen MR) is 97.0 cm³/mol. The van der Waals surface area contributed by atoms with Gasteiger partial charge in [-0.15, -0.1) is 0 Å². The minimum absolute atomic E-state index is 0.0787.